The fourth-order valence-corrected chi connectivity index (χ4v) is 2.97. The lowest BCUT2D eigenvalue weighted by atomic mass is 9.85. The highest BCUT2D eigenvalue weighted by molar-refractivity contribution is 9.10. The zero-order valence-corrected chi connectivity index (χ0v) is 11.2. The smallest absolute Gasteiger partial charge is 0.283 e. The van der Waals surface area contributed by atoms with Gasteiger partial charge in [0.1, 0.15) is 11.9 Å². The average molecular weight is 335 g/mol. The first kappa shape index (κ1) is 12.8. The lowest BCUT2D eigenvalue weighted by Crippen LogP contribution is -2.43. The molecule has 1 aromatic carbocycles. The molecular weight excluding hydrogens is 325 g/mol. The number of benzene rings is 1. The van der Waals surface area contributed by atoms with Crippen LogP contribution in [0.3, 0.4) is 0 Å². The molecule has 1 saturated carbocycles. The third-order valence-electron chi connectivity index (χ3n) is 3.56. The second kappa shape index (κ2) is 4.13. The number of nitrogens with two attached hydrogens (primary N) is 1. The van der Waals surface area contributed by atoms with Crippen LogP contribution in [0.15, 0.2) is 27.7 Å². The van der Waals surface area contributed by atoms with Crippen molar-refractivity contribution >= 4 is 22.0 Å². The van der Waals surface area contributed by atoms with Gasteiger partial charge in [-0.1, -0.05) is 15.9 Å². The number of aliphatic imine (C=N–C) groups is 1. The molecule has 102 valence electrons. The maximum atomic E-state index is 14.0. The summed E-state index contributed by atoms with van der Waals surface area (Å²) in [5.74, 6) is -1.25. The molecular formula is C12H10BrF3N2O. The Morgan fingerprint density at radius 2 is 2.21 bits per heavy atom. The van der Waals surface area contributed by atoms with Gasteiger partial charge in [0.15, 0.2) is 5.54 Å². The number of alkyl halides is 2. The van der Waals surface area contributed by atoms with E-state index in [9.17, 15) is 13.2 Å². The second-order valence-corrected chi connectivity index (χ2v) is 5.61. The molecule has 1 heterocycles. The Kier molecular flexibility index (Phi) is 2.78. The molecule has 19 heavy (non-hydrogen) atoms. The van der Waals surface area contributed by atoms with E-state index >= 15 is 0 Å². The molecule has 1 fully saturated rings. The van der Waals surface area contributed by atoms with Crippen molar-refractivity contribution in [2.24, 2.45) is 16.6 Å². The van der Waals surface area contributed by atoms with E-state index in [0.717, 1.165) is 6.07 Å². The minimum Gasteiger partial charge on any atom is -0.462 e. The van der Waals surface area contributed by atoms with Crippen molar-refractivity contribution in [1.29, 1.82) is 0 Å². The summed E-state index contributed by atoms with van der Waals surface area (Å²) in [6, 6.07) is 3.62. The number of ether oxygens (including phenoxy) is 1. The van der Waals surface area contributed by atoms with Gasteiger partial charge in [0.25, 0.3) is 12.4 Å². The topological polar surface area (TPSA) is 47.6 Å². The van der Waals surface area contributed by atoms with E-state index in [0.29, 0.717) is 10.9 Å². The predicted molar refractivity (Wildman–Crippen MR) is 66.4 cm³/mol. The molecule has 7 heteroatoms. The SMILES string of the molecule is NC1=NC(c2cc(Br)ccc2F)(C(F)F)[C@H]2C[C@H]2O1. The molecule has 0 amide bonds. The van der Waals surface area contributed by atoms with Gasteiger partial charge in [0.05, 0.1) is 0 Å². The summed E-state index contributed by atoms with van der Waals surface area (Å²) in [5.41, 5.74) is 3.36. The Balaban J connectivity index is 2.21. The quantitative estimate of drug-likeness (QED) is 0.904. The van der Waals surface area contributed by atoms with E-state index in [1.807, 2.05) is 0 Å². The van der Waals surface area contributed by atoms with Gasteiger partial charge in [-0.25, -0.2) is 18.2 Å². The lowest BCUT2D eigenvalue weighted by Gasteiger charge is -2.33. The van der Waals surface area contributed by atoms with Crippen molar-refractivity contribution in [3.8, 4) is 0 Å². The number of fused-ring (bicyclic) bond motifs is 1. The van der Waals surface area contributed by atoms with Crippen LogP contribution < -0.4 is 5.73 Å². The van der Waals surface area contributed by atoms with Crippen molar-refractivity contribution in [3.63, 3.8) is 0 Å². The highest BCUT2D eigenvalue weighted by Gasteiger charge is 2.64. The van der Waals surface area contributed by atoms with Gasteiger partial charge in [0, 0.05) is 16.0 Å². The largest absolute Gasteiger partial charge is 0.462 e. The Hall–Kier alpha value is -1.24. The van der Waals surface area contributed by atoms with Crippen molar-refractivity contribution in [3.05, 3.63) is 34.1 Å². The zero-order valence-electron chi connectivity index (χ0n) is 9.62. The first-order valence-corrected chi connectivity index (χ1v) is 6.50. The second-order valence-electron chi connectivity index (χ2n) is 4.70. The maximum Gasteiger partial charge on any atom is 0.283 e. The first-order valence-electron chi connectivity index (χ1n) is 5.71. The minimum absolute atomic E-state index is 0.143. The predicted octanol–water partition coefficient (Wildman–Crippen LogP) is 2.78. The molecule has 1 unspecified atom stereocenters. The highest BCUT2D eigenvalue weighted by Crippen LogP contribution is 2.56. The van der Waals surface area contributed by atoms with Gasteiger partial charge in [0.2, 0.25) is 0 Å². The number of rotatable bonds is 2. The normalized spacial score (nSPS) is 32.6. The molecule has 0 bridgehead atoms. The molecule has 0 aromatic heterocycles. The molecule has 3 rings (SSSR count). The average Bonchev–Trinajstić information content (AvgIpc) is 3.10. The van der Waals surface area contributed by atoms with Gasteiger partial charge in [-0.3, -0.25) is 0 Å². The summed E-state index contributed by atoms with van der Waals surface area (Å²) in [6.07, 6.45) is -2.85. The Morgan fingerprint density at radius 3 is 2.89 bits per heavy atom. The van der Waals surface area contributed by atoms with Gasteiger partial charge in [-0.15, -0.1) is 0 Å². The number of hydrogen-bond donors (Lipinski definition) is 1. The standard InChI is InChI=1S/C12H10BrF3N2O/c13-5-1-2-8(14)6(3-5)12(10(15)16)7-4-9(7)19-11(17)18-12/h1-3,7,9-10H,4H2,(H2,17,18)/t7-,9+,12?/m0/s1. The molecule has 2 aliphatic rings. The number of amidine groups is 1. The molecule has 0 spiro atoms. The highest BCUT2D eigenvalue weighted by atomic mass is 79.9. The van der Waals surface area contributed by atoms with Crippen LogP contribution in [0, 0.1) is 11.7 Å². The molecule has 0 radical (unpaired) electrons. The van der Waals surface area contributed by atoms with Crippen LogP contribution in [-0.4, -0.2) is 18.6 Å². The Morgan fingerprint density at radius 1 is 1.47 bits per heavy atom. The number of nitrogens with zero attached hydrogens (tertiary/aromatic N) is 1. The number of halogens is 4. The molecule has 0 saturated heterocycles. The lowest BCUT2D eigenvalue weighted by molar-refractivity contribution is 0.0176. The summed E-state index contributed by atoms with van der Waals surface area (Å²) in [6.45, 7) is 0. The van der Waals surface area contributed by atoms with Crippen LogP contribution in [0.4, 0.5) is 13.2 Å². The van der Waals surface area contributed by atoms with Crippen LogP contribution in [0.5, 0.6) is 0 Å². The van der Waals surface area contributed by atoms with Crippen molar-refractivity contribution < 1.29 is 17.9 Å². The molecule has 1 aliphatic carbocycles. The van der Waals surface area contributed by atoms with E-state index in [-0.39, 0.29) is 11.6 Å². The van der Waals surface area contributed by atoms with E-state index in [2.05, 4.69) is 20.9 Å². The van der Waals surface area contributed by atoms with Gasteiger partial charge < -0.3 is 10.5 Å². The van der Waals surface area contributed by atoms with Crippen LogP contribution in [-0.2, 0) is 10.3 Å². The van der Waals surface area contributed by atoms with Crippen molar-refractivity contribution in [2.75, 3.05) is 0 Å². The Labute approximate surface area is 115 Å². The summed E-state index contributed by atoms with van der Waals surface area (Å²) in [5, 5.41) is 0. The number of hydrogen-bond acceptors (Lipinski definition) is 3. The fraction of sp³-hybridized carbons (Fsp3) is 0.417. The van der Waals surface area contributed by atoms with Crippen molar-refractivity contribution in [2.45, 2.75) is 24.5 Å². The van der Waals surface area contributed by atoms with Crippen LogP contribution in [0.2, 0.25) is 0 Å². The van der Waals surface area contributed by atoms with E-state index < -0.39 is 29.8 Å². The summed E-state index contributed by atoms with van der Waals surface area (Å²) in [7, 11) is 0. The zero-order chi connectivity index (χ0) is 13.8. The van der Waals surface area contributed by atoms with Crippen molar-refractivity contribution in [1.82, 2.24) is 0 Å². The third kappa shape index (κ3) is 1.82. The van der Waals surface area contributed by atoms with Crippen LogP contribution >= 0.6 is 15.9 Å². The van der Waals surface area contributed by atoms with Gasteiger partial charge in [-0.05, 0) is 24.6 Å². The van der Waals surface area contributed by atoms with E-state index in [1.54, 1.807) is 0 Å². The molecule has 2 N–H and O–H groups in total. The summed E-state index contributed by atoms with van der Waals surface area (Å²) in [4.78, 5) is 3.77. The van der Waals surface area contributed by atoms with Gasteiger partial charge in [-0.2, -0.15) is 0 Å². The minimum atomic E-state index is -2.85. The summed E-state index contributed by atoms with van der Waals surface area (Å²) >= 11 is 3.16. The van der Waals surface area contributed by atoms with Crippen LogP contribution in [0.25, 0.3) is 0 Å². The van der Waals surface area contributed by atoms with Gasteiger partial charge >= 0.3 is 0 Å². The van der Waals surface area contributed by atoms with Crippen LogP contribution in [0.1, 0.15) is 12.0 Å². The molecule has 1 aliphatic heterocycles. The molecule has 1 aromatic rings. The first-order chi connectivity index (χ1) is 8.95. The molecule has 3 atom stereocenters. The van der Waals surface area contributed by atoms with E-state index in [4.69, 9.17) is 10.5 Å². The monoisotopic (exact) mass is 334 g/mol. The summed E-state index contributed by atoms with van der Waals surface area (Å²) < 4.78 is 46.9. The Bertz CT molecular complexity index is 566. The fourth-order valence-electron chi connectivity index (χ4n) is 2.60. The molecule has 3 nitrogen and oxygen atoms in total. The third-order valence-corrected chi connectivity index (χ3v) is 4.05. The van der Waals surface area contributed by atoms with E-state index in [1.165, 1.54) is 12.1 Å². The maximum absolute atomic E-state index is 14.0.